The van der Waals surface area contributed by atoms with Crippen molar-refractivity contribution in [3.8, 4) is 0 Å². The summed E-state index contributed by atoms with van der Waals surface area (Å²) < 4.78 is 0. The molecule has 1 aromatic rings. The Hall–Kier alpha value is -1.00. The maximum Gasteiger partial charge on any atom is 0.0726 e. The van der Waals surface area contributed by atoms with Crippen LogP contribution in [0.2, 0.25) is 0 Å². The van der Waals surface area contributed by atoms with Gasteiger partial charge < -0.3 is 5.32 Å². The number of piperidine rings is 1. The molecule has 1 aromatic heterocycles. The molecule has 86 valence electrons. The standard InChI is InChI=1S/C12H18N4/c1-2-10-7-16(9-12(10)15-3-1)8-11-6-13-4-5-14-11/h4-6,10,12,15H,1-3,7-9H2. The van der Waals surface area contributed by atoms with Crippen LogP contribution in [0.4, 0.5) is 0 Å². The summed E-state index contributed by atoms with van der Waals surface area (Å²) in [4.78, 5) is 10.9. The minimum absolute atomic E-state index is 0.713. The van der Waals surface area contributed by atoms with Crippen molar-refractivity contribution in [2.45, 2.75) is 25.4 Å². The molecular weight excluding hydrogens is 200 g/mol. The first-order valence-corrected chi connectivity index (χ1v) is 6.12. The van der Waals surface area contributed by atoms with Gasteiger partial charge in [-0.25, -0.2) is 0 Å². The van der Waals surface area contributed by atoms with Crippen LogP contribution < -0.4 is 5.32 Å². The summed E-state index contributed by atoms with van der Waals surface area (Å²) in [6, 6.07) is 0.713. The lowest BCUT2D eigenvalue weighted by atomic mass is 9.94. The average Bonchev–Trinajstić information content (AvgIpc) is 2.72. The quantitative estimate of drug-likeness (QED) is 0.792. The first-order chi connectivity index (χ1) is 7.92. The van der Waals surface area contributed by atoms with Gasteiger partial charge in [0.05, 0.1) is 5.69 Å². The van der Waals surface area contributed by atoms with E-state index in [-0.39, 0.29) is 0 Å². The Morgan fingerprint density at radius 2 is 2.38 bits per heavy atom. The second kappa shape index (κ2) is 4.47. The molecule has 4 heteroatoms. The predicted molar refractivity (Wildman–Crippen MR) is 61.8 cm³/mol. The van der Waals surface area contributed by atoms with Gasteiger partial charge in [0, 0.05) is 44.3 Å². The second-order valence-corrected chi connectivity index (χ2v) is 4.85. The van der Waals surface area contributed by atoms with Gasteiger partial charge >= 0.3 is 0 Å². The summed E-state index contributed by atoms with van der Waals surface area (Å²) in [6.45, 7) is 4.53. The summed E-state index contributed by atoms with van der Waals surface area (Å²) >= 11 is 0. The molecule has 2 fully saturated rings. The molecule has 0 radical (unpaired) electrons. The third-order valence-electron chi connectivity index (χ3n) is 3.68. The lowest BCUT2D eigenvalue weighted by molar-refractivity contribution is 0.309. The summed E-state index contributed by atoms with van der Waals surface area (Å²) in [5.41, 5.74) is 1.08. The average molecular weight is 218 g/mol. The first kappa shape index (κ1) is 10.2. The number of nitrogens with one attached hydrogen (secondary N) is 1. The molecule has 0 saturated carbocycles. The highest BCUT2D eigenvalue weighted by Gasteiger charge is 2.33. The van der Waals surface area contributed by atoms with Crippen LogP contribution in [0, 0.1) is 5.92 Å². The van der Waals surface area contributed by atoms with E-state index in [9.17, 15) is 0 Å². The van der Waals surface area contributed by atoms with E-state index in [1.54, 1.807) is 12.4 Å². The van der Waals surface area contributed by atoms with Gasteiger partial charge in [0.25, 0.3) is 0 Å². The molecule has 16 heavy (non-hydrogen) atoms. The molecular formula is C12H18N4. The molecule has 0 spiro atoms. The Bertz CT molecular complexity index is 326. The summed E-state index contributed by atoms with van der Waals surface area (Å²) in [5, 5.41) is 3.62. The Balaban J connectivity index is 1.61. The van der Waals surface area contributed by atoms with Crippen molar-refractivity contribution >= 4 is 0 Å². The molecule has 2 unspecified atom stereocenters. The van der Waals surface area contributed by atoms with E-state index >= 15 is 0 Å². The van der Waals surface area contributed by atoms with Gasteiger partial charge in [-0.05, 0) is 25.3 Å². The number of hydrogen-bond donors (Lipinski definition) is 1. The number of nitrogens with zero attached hydrogens (tertiary/aromatic N) is 3. The van der Waals surface area contributed by atoms with Gasteiger partial charge in [0.1, 0.15) is 0 Å². The lowest BCUT2D eigenvalue weighted by Crippen LogP contribution is -2.40. The van der Waals surface area contributed by atoms with E-state index in [4.69, 9.17) is 0 Å². The molecule has 0 aromatic carbocycles. The van der Waals surface area contributed by atoms with Crippen LogP contribution in [0.25, 0.3) is 0 Å². The van der Waals surface area contributed by atoms with E-state index < -0.39 is 0 Å². The van der Waals surface area contributed by atoms with Crippen LogP contribution in [-0.4, -0.2) is 40.5 Å². The normalized spacial score (nSPS) is 30.2. The molecule has 2 aliphatic heterocycles. The van der Waals surface area contributed by atoms with Crippen LogP contribution >= 0.6 is 0 Å². The van der Waals surface area contributed by atoms with Crippen LogP contribution in [0.3, 0.4) is 0 Å². The Morgan fingerprint density at radius 3 is 3.19 bits per heavy atom. The lowest BCUT2D eigenvalue weighted by Gasteiger charge is -2.24. The summed E-state index contributed by atoms with van der Waals surface area (Å²) in [7, 11) is 0. The third-order valence-corrected chi connectivity index (χ3v) is 3.68. The highest BCUT2D eigenvalue weighted by Crippen LogP contribution is 2.25. The predicted octanol–water partition coefficient (Wildman–Crippen LogP) is 0.660. The van der Waals surface area contributed by atoms with Crippen LogP contribution in [0.15, 0.2) is 18.6 Å². The minimum Gasteiger partial charge on any atom is -0.312 e. The monoisotopic (exact) mass is 218 g/mol. The van der Waals surface area contributed by atoms with Gasteiger partial charge in [-0.3, -0.25) is 14.9 Å². The largest absolute Gasteiger partial charge is 0.312 e. The van der Waals surface area contributed by atoms with Gasteiger partial charge in [0.15, 0.2) is 0 Å². The van der Waals surface area contributed by atoms with Gasteiger partial charge in [-0.2, -0.15) is 0 Å². The van der Waals surface area contributed by atoms with Gasteiger partial charge in [0.2, 0.25) is 0 Å². The summed E-state index contributed by atoms with van der Waals surface area (Å²) in [5.74, 6) is 0.852. The van der Waals surface area contributed by atoms with Crippen LogP contribution in [0.5, 0.6) is 0 Å². The van der Waals surface area contributed by atoms with E-state index in [1.165, 1.54) is 32.5 Å². The van der Waals surface area contributed by atoms with Crippen LogP contribution in [-0.2, 0) is 6.54 Å². The van der Waals surface area contributed by atoms with E-state index in [0.717, 1.165) is 18.2 Å². The van der Waals surface area contributed by atoms with E-state index in [1.807, 2.05) is 6.20 Å². The van der Waals surface area contributed by atoms with Crippen LogP contribution in [0.1, 0.15) is 18.5 Å². The number of aromatic nitrogens is 2. The molecule has 0 amide bonds. The number of rotatable bonds is 2. The molecule has 3 heterocycles. The Morgan fingerprint density at radius 1 is 1.38 bits per heavy atom. The van der Waals surface area contributed by atoms with Crippen molar-refractivity contribution in [1.82, 2.24) is 20.2 Å². The number of likely N-dealkylation sites (tertiary alicyclic amines) is 1. The van der Waals surface area contributed by atoms with Crippen molar-refractivity contribution in [2.75, 3.05) is 19.6 Å². The maximum atomic E-state index is 4.34. The molecule has 4 nitrogen and oxygen atoms in total. The molecule has 1 N–H and O–H groups in total. The van der Waals surface area contributed by atoms with E-state index in [0.29, 0.717) is 6.04 Å². The fourth-order valence-corrected chi connectivity index (χ4v) is 2.91. The van der Waals surface area contributed by atoms with Crippen molar-refractivity contribution in [1.29, 1.82) is 0 Å². The topological polar surface area (TPSA) is 41.1 Å². The number of fused-ring (bicyclic) bond motifs is 1. The smallest absolute Gasteiger partial charge is 0.0726 e. The molecule has 3 rings (SSSR count). The summed E-state index contributed by atoms with van der Waals surface area (Å²) in [6.07, 6.45) is 8.09. The van der Waals surface area contributed by atoms with Gasteiger partial charge in [-0.1, -0.05) is 0 Å². The molecule has 0 aliphatic carbocycles. The Labute approximate surface area is 96.1 Å². The van der Waals surface area contributed by atoms with E-state index in [2.05, 4.69) is 20.2 Å². The number of hydrogen-bond acceptors (Lipinski definition) is 4. The van der Waals surface area contributed by atoms with Crippen molar-refractivity contribution in [2.24, 2.45) is 5.92 Å². The fraction of sp³-hybridized carbons (Fsp3) is 0.667. The second-order valence-electron chi connectivity index (χ2n) is 4.85. The van der Waals surface area contributed by atoms with Gasteiger partial charge in [-0.15, -0.1) is 0 Å². The first-order valence-electron chi connectivity index (χ1n) is 6.12. The minimum atomic E-state index is 0.713. The van der Waals surface area contributed by atoms with Crippen molar-refractivity contribution in [3.05, 3.63) is 24.3 Å². The molecule has 0 bridgehead atoms. The zero-order valence-corrected chi connectivity index (χ0v) is 9.47. The fourth-order valence-electron chi connectivity index (χ4n) is 2.91. The highest BCUT2D eigenvalue weighted by atomic mass is 15.2. The SMILES string of the molecule is c1cnc(CN2CC3CCCNC3C2)cn1. The van der Waals surface area contributed by atoms with Crippen molar-refractivity contribution in [3.63, 3.8) is 0 Å². The zero-order chi connectivity index (χ0) is 10.8. The van der Waals surface area contributed by atoms with Crippen molar-refractivity contribution < 1.29 is 0 Å². The molecule has 2 saturated heterocycles. The zero-order valence-electron chi connectivity index (χ0n) is 9.47. The Kier molecular flexibility index (Phi) is 2.84. The maximum absolute atomic E-state index is 4.34. The molecule has 2 atom stereocenters. The molecule has 2 aliphatic rings. The highest BCUT2D eigenvalue weighted by molar-refractivity contribution is 4.98. The third kappa shape index (κ3) is 2.08.